The predicted molar refractivity (Wildman–Crippen MR) is 87.4 cm³/mol. The van der Waals surface area contributed by atoms with Crippen molar-refractivity contribution in [2.75, 3.05) is 32.8 Å². The highest BCUT2D eigenvalue weighted by molar-refractivity contribution is 7.10. The van der Waals surface area contributed by atoms with E-state index in [1.54, 1.807) is 11.3 Å². The quantitative estimate of drug-likeness (QED) is 0.867. The molecular formula is C17H24N2OS. The third-order valence-corrected chi connectivity index (χ3v) is 5.51. The summed E-state index contributed by atoms with van der Waals surface area (Å²) in [5.74, 6) is 5.69. The van der Waals surface area contributed by atoms with E-state index in [-0.39, 0.29) is 6.61 Å². The van der Waals surface area contributed by atoms with Gasteiger partial charge in [0.15, 0.2) is 0 Å². The highest BCUT2D eigenvalue weighted by Crippen LogP contribution is 2.25. The van der Waals surface area contributed by atoms with Crippen molar-refractivity contribution >= 4 is 11.3 Å². The maximum absolute atomic E-state index is 8.73. The topological polar surface area (TPSA) is 26.7 Å². The lowest BCUT2D eigenvalue weighted by Gasteiger charge is -2.37. The first kappa shape index (κ1) is 15.1. The first-order valence-electron chi connectivity index (χ1n) is 7.99. The Balaban J connectivity index is 1.47. The number of piperazine rings is 1. The van der Waals surface area contributed by atoms with E-state index < -0.39 is 0 Å². The van der Waals surface area contributed by atoms with Gasteiger partial charge in [0.1, 0.15) is 6.61 Å². The Morgan fingerprint density at radius 2 is 1.95 bits per heavy atom. The zero-order valence-corrected chi connectivity index (χ0v) is 13.4. The first-order valence-corrected chi connectivity index (χ1v) is 8.86. The molecule has 114 valence electrons. The van der Waals surface area contributed by atoms with Gasteiger partial charge in [0.05, 0.1) is 0 Å². The van der Waals surface area contributed by atoms with E-state index in [4.69, 9.17) is 5.11 Å². The van der Waals surface area contributed by atoms with Crippen molar-refractivity contribution in [3.05, 3.63) is 21.9 Å². The van der Waals surface area contributed by atoms with Gasteiger partial charge in [0.25, 0.3) is 0 Å². The Bertz CT molecular complexity index is 502. The van der Waals surface area contributed by atoms with Crippen LogP contribution in [0.4, 0.5) is 0 Å². The predicted octanol–water partition coefficient (Wildman–Crippen LogP) is 2.15. The highest BCUT2D eigenvalue weighted by Gasteiger charge is 2.26. The molecule has 4 heteroatoms. The fraction of sp³-hybridized carbons (Fsp3) is 0.647. The molecule has 0 unspecified atom stereocenters. The molecule has 0 atom stereocenters. The van der Waals surface area contributed by atoms with Crippen molar-refractivity contribution < 1.29 is 5.11 Å². The maximum atomic E-state index is 8.73. The molecule has 0 spiro atoms. The molecule has 3 rings (SSSR count). The summed E-state index contributed by atoms with van der Waals surface area (Å²) >= 11 is 1.78. The van der Waals surface area contributed by atoms with E-state index in [0.717, 1.165) is 18.2 Å². The molecule has 21 heavy (non-hydrogen) atoms. The summed E-state index contributed by atoms with van der Waals surface area (Å²) in [7, 11) is 0. The van der Waals surface area contributed by atoms with Crippen LogP contribution in [0.15, 0.2) is 11.4 Å². The van der Waals surface area contributed by atoms with Gasteiger partial charge in [-0.2, -0.15) is 0 Å². The molecule has 1 saturated carbocycles. The van der Waals surface area contributed by atoms with E-state index in [1.165, 1.54) is 56.7 Å². The van der Waals surface area contributed by atoms with E-state index in [0.29, 0.717) is 0 Å². The summed E-state index contributed by atoms with van der Waals surface area (Å²) in [5, 5.41) is 10.8. The standard InChI is InChI=1S/C17H24N2OS/c20-11-3-4-15-12-17(21-14-15)13-18-7-9-19(10-8-18)16-5-1-2-6-16/h12,14,16,20H,1-2,5-11,13H2. The second-order valence-electron chi connectivity index (χ2n) is 6.01. The van der Waals surface area contributed by atoms with Gasteiger partial charge in [-0.25, -0.2) is 0 Å². The molecule has 2 fully saturated rings. The summed E-state index contributed by atoms with van der Waals surface area (Å²) in [6.45, 7) is 5.82. The van der Waals surface area contributed by atoms with Crippen LogP contribution in [0.2, 0.25) is 0 Å². The smallest absolute Gasteiger partial charge is 0.104 e. The van der Waals surface area contributed by atoms with Crippen molar-refractivity contribution in [3.8, 4) is 11.8 Å². The summed E-state index contributed by atoms with van der Waals surface area (Å²) in [4.78, 5) is 6.64. The normalized spacial score (nSPS) is 21.4. The van der Waals surface area contributed by atoms with Crippen LogP contribution in [-0.2, 0) is 6.54 Å². The lowest BCUT2D eigenvalue weighted by molar-refractivity contribution is 0.0943. The number of aliphatic hydroxyl groups excluding tert-OH is 1. The molecule has 0 aromatic carbocycles. The fourth-order valence-electron chi connectivity index (χ4n) is 3.45. The van der Waals surface area contributed by atoms with Crippen LogP contribution in [-0.4, -0.2) is 53.7 Å². The Morgan fingerprint density at radius 3 is 2.67 bits per heavy atom. The van der Waals surface area contributed by atoms with E-state index in [9.17, 15) is 0 Å². The van der Waals surface area contributed by atoms with Crippen LogP contribution in [0.3, 0.4) is 0 Å². The first-order chi connectivity index (χ1) is 10.3. The van der Waals surface area contributed by atoms with Crippen LogP contribution in [0, 0.1) is 11.8 Å². The van der Waals surface area contributed by atoms with Crippen molar-refractivity contribution in [2.45, 2.75) is 38.3 Å². The van der Waals surface area contributed by atoms with Crippen molar-refractivity contribution in [3.63, 3.8) is 0 Å². The monoisotopic (exact) mass is 304 g/mol. The second kappa shape index (κ2) is 7.42. The third kappa shape index (κ3) is 4.08. The average Bonchev–Trinajstić information content (AvgIpc) is 3.17. The van der Waals surface area contributed by atoms with Crippen molar-refractivity contribution in [1.29, 1.82) is 0 Å². The minimum atomic E-state index is -0.0612. The van der Waals surface area contributed by atoms with Crippen molar-refractivity contribution in [2.24, 2.45) is 0 Å². The molecule has 1 aromatic heterocycles. The van der Waals surface area contributed by atoms with Gasteiger partial charge in [-0.1, -0.05) is 24.7 Å². The van der Waals surface area contributed by atoms with Gasteiger partial charge in [-0.15, -0.1) is 11.3 Å². The Morgan fingerprint density at radius 1 is 1.19 bits per heavy atom. The molecule has 1 N–H and O–H groups in total. The molecule has 2 heterocycles. The Labute approximate surface area is 131 Å². The van der Waals surface area contributed by atoms with E-state index >= 15 is 0 Å². The van der Waals surface area contributed by atoms with Crippen LogP contribution in [0.1, 0.15) is 36.1 Å². The number of hydrogen-bond acceptors (Lipinski definition) is 4. The van der Waals surface area contributed by atoms with E-state index in [2.05, 4.69) is 33.1 Å². The zero-order valence-electron chi connectivity index (χ0n) is 12.6. The number of nitrogens with zero attached hydrogens (tertiary/aromatic N) is 2. The van der Waals surface area contributed by atoms with E-state index in [1.807, 2.05) is 0 Å². The van der Waals surface area contributed by atoms with Crippen molar-refractivity contribution in [1.82, 2.24) is 9.80 Å². The molecule has 1 aliphatic carbocycles. The average molecular weight is 304 g/mol. The molecule has 0 amide bonds. The number of rotatable bonds is 3. The van der Waals surface area contributed by atoms with Gasteiger partial charge in [0, 0.05) is 54.6 Å². The third-order valence-electron chi connectivity index (χ3n) is 4.59. The molecule has 1 aromatic rings. The molecular weight excluding hydrogens is 280 g/mol. The van der Waals surface area contributed by atoms with Gasteiger partial charge in [0.2, 0.25) is 0 Å². The lowest BCUT2D eigenvalue weighted by atomic mass is 10.2. The minimum absolute atomic E-state index is 0.0612. The lowest BCUT2D eigenvalue weighted by Crippen LogP contribution is -2.49. The highest BCUT2D eigenvalue weighted by atomic mass is 32.1. The summed E-state index contributed by atoms with van der Waals surface area (Å²) in [6.07, 6.45) is 5.69. The molecule has 0 radical (unpaired) electrons. The second-order valence-corrected chi connectivity index (χ2v) is 7.01. The zero-order chi connectivity index (χ0) is 14.5. The molecule has 0 bridgehead atoms. The number of hydrogen-bond donors (Lipinski definition) is 1. The Kier molecular flexibility index (Phi) is 5.32. The summed E-state index contributed by atoms with van der Waals surface area (Å²) in [5.41, 5.74) is 1.04. The largest absolute Gasteiger partial charge is 0.384 e. The number of thiophene rings is 1. The van der Waals surface area contributed by atoms with Crippen LogP contribution >= 0.6 is 11.3 Å². The fourth-order valence-corrected chi connectivity index (χ4v) is 4.30. The molecule has 1 saturated heterocycles. The molecule has 3 nitrogen and oxygen atoms in total. The van der Waals surface area contributed by atoms with Gasteiger partial charge in [-0.3, -0.25) is 9.80 Å². The maximum Gasteiger partial charge on any atom is 0.104 e. The number of aliphatic hydroxyl groups is 1. The molecule has 2 aliphatic rings. The van der Waals surface area contributed by atoms with Crippen LogP contribution in [0.5, 0.6) is 0 Å². The molecule has 1 aliphatic heterocycles. The Hall–Kier alpha value is -0.860. The van der Waals surface area contributed by atoms with Gasteiger partial charge in [-0.05, 0) is 18.9 Å². The van der Waals surface area contributed by atoms with Gasteiger partial charge < -0.3 is 5.11 Å². The SMILES string of the molecule is OCC#Cc1csc(CN2CCN(C3CCCC3)CC2)c1. The van der Waals surface area contributed by atoms with Gasteiger partial charge >= 0.3 is 0 Å². The summed E-state index contributed by atoms with van der Waals surface area (Å²) < 4.78 is 0. The minimum Gasteiger partial charge on any atom is -0.384 e. The van der Waals surface area contributed by atoms with Crippen LogP contribution < -0.4 is 0 Å². The van der Waals surface area contributed by atoms with Crippen LogP contribution in [0.25, 0.3) is 0 Å². The summed E-state index contributed by atoms with van der Waals surface area (Å²) in [6, 6.07) is 3.03.